The Hall–Kier alpha value is -2.00. The van der Waals surface area contributed by atoms with Gasteiger partial charge in [-0.3, -0.25) is 0 Å². The summed E-state index contributed by atoms with van der Waals surface area (Å²) in [6, 6.07) is 14.2. The Morgan fingerprint density at radius 3 is 2.86 bits per heavy atom. The van der Waals surface area contributed by atoms with Crippen LogP contribution in [0.5, 0.6) is 5.75 Å². The third kappa shape index (κ3) is 3.03. The van der Waals surface area contributed by atoms with Crippen LogP contribution in [0.25, 0.3) is 0 Å². The molecule has 0 radical (unpaired) electrons. The predicted molar refractivity (Wildman–Crippen MR) is 86.5 cm³/mol. The summed E-state index contributed by atoms with van der Waals surface area (Å²) >= 11 is 0. The van der Waals surface area contributed by atoms with Crippen LogP contribution in [-0.4, -0.2) is 11.7 Å². The molecular weight excluding hydrogens is 260 g/mol. The highest BCUT2D eigenvalue weighted by atomic mass is 16.3. The zero-order valence-electron chi connectivity index (χ0n) is 12.4. The first kappa shape index (κ1) is 14.0. The number of aromatic hydroxyl groups is 1. The number of phenols is 1. The van der Waals surface area contributed by atoms with Gasteiger partial charge in [0.05, 0.1) is 0 Å². The van der Waals surface area contributed by atoms with Crippen LogP contribution in [0.4, 0.5) is 5.69 Å². The van der Waals surface area contributed by atoms with Gasteiger partial charge in [-0.1, -0.05) is 24.3 Å². The van der Waals surface area contributed by atoms with Crippen LogP contribution < -0.4 is 10.6 Å². The van der Waals surface area contributed by atoms with E-state index < -0.39 is 0 Å². The van der Waals surface area contributed by atoms with E-state index in [2.05, 4.69) is 29.2 Å². The Morgan fingerprint density at radius 2 is 2.10 bits per heavy atom. The zero-order valence-corrected chi connectivity index (χ0v) is 12.4. The van der Waals surface area contributed by atoms with E-state index >= 15 is 0 Å². The summed E-state index contributed by atoms with van der Waals surface area (Å²) in [6.45, 7) is 3.91. The van der Waals surface area contributed by atoms with Crippen molar-refractivity contribution in [2.75, 3.05) is 11.4 Å². The van der Waals surface area contributed by atoms with Crippen molar-refractivity contribution < 1.29 is 5.11 Å². The SMILES string of the molecule is CC(N)c1ccc2c(c1)CCCN2Cc1cccc(O)c1. The monoisotopic (exact) mass is 282 g/mol. The number of rotatable bonds is 3. The Labute approximate surface area is 126 Å². The van der Waals surface area contributed by atoms with Gasteiger partial charge in [0.15, 0.2) is 0 Å². The lowest BCUT2D eigenvalue weighted by molar-refractivity contribution is 0.474. The van der Waals surface area contributed by atoms with Crippen LogP contribution in [0.1, 0.15) is 36.1 Å². The quantitative estimate of drug-likeness (QED) is 0.907. The van der Waals surface area contributed by atoms with Crippen molar-refractivity contribution >= 4 is 5.69 Å². The van der Waals surface area contributed by atoms with Gasteiger partial charge in [0.25, 0.3) is 0 Å². The summed E-state index contributed by atoms with van der Waals surface area (Å²) in [6.07, 6.45) is 2.28. The summed E-state index contributed by atoms with van der Waals surface area (Å²) in [4.78, 5) is 2.39. The van der Waals surface area contributed by atoms with Crippen LogP contribution >= 0.6 is 0 Å². The van der Waals surface area contributed by atoms with Gasteiger partial charge in [-0.2, -0.15) is 0 Å². The van der Waals surface area contributed by atoms with Gasteiger partial charge < -0.3 is 15.7 Å². The number of aryl methyl sites for hydroxylation is 1. The highest BCUT2D eigenvalue weighted by Crippen LogP contribution is 2.30. The minimum atomic E-state index is 0.0803. The van der Waals surface area contributed by atoms with Gasteiger partial charge in [-0.05, 0) is 54.7 Å². The van der Waals surface area contributed by atoms with Gasteiger partial charge in [-0.25, -0.2) is 0 Å². The number of nitrogens with zero attached hydrogens (tertiary/aromatic N) is 1. The molecule has 0 aliphatic carbocycles. The maximum atomic E-state index is 9.60. The molecule has 0 aromatic heterocycles. The van der Waals surface area contributed by atoms with E-state index in [0.29, 0.717) is 5.75 Å². The summed E-state index contributed by atoms with van der Waals surface area (Å²) in [5.74, 6) is 0.331. The molecule has 21 heavy (non-hydrogen) atoms. The maximum Gasteiger partial charge on any atom is 0.115 e. The van der Waals surface area contributed by atoms with Crippen LogP contribution in [0.15, 0.2) is 42.5 Å². The van der Waals surface area contributed by atoms with E-state index in [1.165, 1.54) is 16.8 Å². The van der Waals surface area contributed by atoms with Crippen LogP contribution in [0, 0.1) is 0 Å². The fraction of sp³-hybridized carbons (Fsp3) is 0.333. The molecule has 0 amide bonds. The number of fused-ring (bicyclic) bond motifs is 1. The molecule has 0 saturated heterocycles. The molecular formula is C18H22N2O. The van der Waals surface area contributed by atoms with Gasteiger partial charge in [0.1, 0.15) is 5.75 Å². The normalized spacial score (nSPS) is 15.6. The minimum Gasteiger partial charge on any atom is -0.508 e. The highest BCUT2D eigenvalue weighted by molar-refractivity contribution is 5.57. The number of benzene rings is 2. The lowest BCUT2D eigenvalue weighted by atomic mass is 9.96. The van der Waals surface area contributed by atoms with Crippen LogP contribution in [0.2, 0.25) is 0 Å². The summed E-state index contributed by atoms with van der Waals surface area (Å²) in [7, 11) is 0. The molecule has 0 bridgehead atoms. The molecule has 1 heterocycles. The Bertz CT molecular complexity index is 637. The van der Waals surface area contributed by atoms with Gasteiger partial charge >= 0.3 is 0 Å². The fourth-order valence-electron chi connectivity index (χ4n) is 3.02. The second kappa shape index (κ2) is 5.78. The topological polar surface area (TPSA) is 49.5 Å². The third-order valence-corrected chi connectivity index (χ3v) is 4.13. The van der Waals surface area contributed by atoms with Gasteiger partial charge in [-0.15, -0.1) is 0 Å². The lowest BCUT2D eigenvalue weighted by Crippen LogP contribution is -2.29. The van der Waals surface area contributed by atoms with Gasteiger partial charge in [0.2, 0.25) is 0 Å². The van der Waals surface area contributed by atoms with Crippen LogP contribution in [0.3, 0.4) is 0 Å². The van der Waals surface area contributed by atoms with E-state index in [4.69, 9.17) is 5.73 Å². The molecule has 0 spiro atoms. The molecule has 2 aromatic rings. The molecule has 3 nitrogen and oxygen atoms in total. The summed E-state index contributed by atoms with van der Waals surface area (Å²) in [5, 5.41) is 9.60. The number of hydrogen-bond acceptors (Lipinski definition) is 3. The van der Waals surface area contributed by atoms with Crippen molar-refractivity contribution in [1.29, 1.82) is 0 Å². The second-order valence-corrected chi connectivity index (χ2v) is 5.87. The Morgan fingerprint density at radius 1 is 1.24 bits per heavy atom. The molecule has 3 N–H and O–H groups in total. The average molecular weight is 282 g/mol. The van der Waals surface area contributed by atoms with Crippen molar-refractivity contribution in [3.8, 4) is 5.75 Å². The van der Waals surface area contributed by atoms with E-state index in [1.54, 1.807) is 6.07 Å². The lowest BCUT2D eigenvalue weighted by Gasteiger charge is -2.32. The summed E-state index contributed by atoms with van der Waals surface area (Å²) in [5.41, 5.74) is 11.0. The molecule has 2 aromatic carbocycles. The molecule has 1 aliphatic heterocycles. The number of hydrogen-bond donors (Lipinski definition) is 2. The van der Waals surface area contributed by atoms with E-state index in [-0.39, 0.29) is 6.04 Å². The minimum absolute atomic E-state index is 0.0803. The molecule has 0 saturated carbocycles. The van der Waals surface area contributed by atoms with Crippen molar-refractivity contribution in [2.24, 2.45) is 5.73 Å². The Balaban J connectivity index is 1.86. The largest absolute Gasteiger partial charge is 0.508 e. The molecule has 1 unspecified atom stereocenters. The second-order valence-electron chi connectivity index (χ2n) is 5.87. The predicted octanol–water partition coefficient (Wildman–Crippen LogP) is 3.36. The zero-order chi connectivity index (χ0) is 14.8. The summed E-state index contributed by atoms with van der Waals surface area (Å²) < 4.78 is 0. The molecule has 110 valence electrons. The third-order valence-electron chi connectivity index (χ3n) is 4.13. The van der Waals surface area contributed by atoms with Crippen molar-refractivity contribution in [1.82, 2.24) is 0 Å². The Kier molecular flexibility index (Phi) is 3.84. The first-order chi connectivity index (χ1) is 10.1. The van der Waals surface area contributed by atoms with Crippen molar-refractivity contribution in [3.05, 3.63) is 59.2 Å². The number of nitrogens with two attached hydrogens (primary N) is 1. The van der Waals surface area contributed by atoms with Crippen LogP contribution in [-0.2, 0) is 13.0 Å². The smallest absolute Gasteiger partial charge is 0.115 e. The fourth-order valence-corrected chi connectivity index (χ4v) is 3.02. The first-order valence-corrected chi connectivity index (χ1v) is 7.55. The molecule has 0 fully saturated rings. The molecule has 1 aliphatic rings. The standard InChI is InChI=1S/C18H22N2O/c1-13(19)15-7-8-18-16(11-15)5-3-9-20(18)12-14-4-2-6-17(21)10-14/h2,4,6-8,10-11,13,21H,3,5,9,12,19H2,1H3. The number of anilines is 1. The van der Waals surface area contributed by atoms with E-state index in [1.807, 2.05) is 19.1 Å². The van der Waals surface area contributed by atoms with E-state index in [0.717, 1.165) is 31.5 Å². The first-order valence-electron chi connectivity index (χ1n) is 7.55. The average Bonchev–Trinajstić information content (AvgIpc) is 2.47. The number of phenolic OH excluding ortho intramolecular Hbond substituents is 1. The molecule has 3 rings (SSSR count). The molecule has 1 atom stereocenters. The van der Waals surface area contributed by atoms with Crippen molar-refractivity contribution in [3.63, 3.8) is 0 Å². The van der Waals surface area contributed by atoms with E-state index in [9.17, 15) is 5.11 Å². The van der Waals surface area contributed by atoms with Gasteiger partial charge in [0, 0.05) is 24.8 Å². The molecule has 3 heteroatoms. The highest BCUT2D eigenvalue weighted by Gasteiger charge is 2.18. The van der Waals surface area contributed by atoms with Crippen molar-refractivity contribution in [2.45, 2.75) is 32.4 Å². The maximum absolute atomic E-state index is 9.60.